The maximum atomic E-state index is 13.8. The van der Waals surface area contributed by atoms with Gasteiger partial charge in [0.15, 0.2) is 0 Å². The molecule has 1 N–H and O–H groups in total. The minimum Gasteiger partial charge on any atom is -0.396 e. The molecule has 1 aromatic heterocycles. The monoisotopic (exact) mass is 321 g/mol. The van der Waals surface area contributed by atoms with E-state index in [9.17, 15) is 14.3 Å². The summed E-state index contributed by atoms with van der Waals surface area (Å²) in [6, 6.07) is 1.70. The van der Waals surface area contributed by atoms with Crippen LogP contribution < -0.4 is 0 Å². The maximum absolute atomic E-state index is 13.8. The Labute approximate surface area is 136 Å². The minimum atomic E-state index is -0.292. The first-order valence-corrected chi connectivity index (χ1v) is 8.15. The number of aliphatic hydroxyl groups excluding tert-OH is 1. The Hall–Kier alpha value is -1.53. The van der Waals surface area contributed by atoms with Crippen molar-refractivity contribution in [3.63, 3.8) is 0 Å². The number of hydrogen-bond acceptors (Lipinski definition) is 4. The molecule has 5 nitrogen and oxygen atoms in total. The molecule has 0 unspecified atom stereocenters. The zero-order valence-electron chi connectivity index (χ0n) is 13.7. The van der Waals surface area contributed by atoms with Crippen molar-refractivity contribution in [1.82, 2.24) is 14.8 Å². The molecule has 2 aliphatic rings. The molecule has 2 fully saturated rings. The van der Waals surface area contributed by atoms with Gasteiger partial charge in [0.05, 0.1) is 12.8 Å². The second-order valence-corrected chi connectivity index (χ2v) is 7.23. The normalized spacial score (nSPS) is 27.7. The lowest BCUT2D eigenvalue weighted by atomic mass is 9.82. The van der Waals surface area contributed by atoms with Crippen LogP contribution in [-0.2, 0) is 11.3 Å². The van der Waals surface area contributed by atoms with Gasteiger partial charge >= 0.3 is 0 Å². The first-order chi connectivity index (χ1) is 10.9. The molecule has 0 saturated carbocycles. The fourth-order valence-corrected chi connectivity index (χ4v) is 3.94. The van der Waals surface area contributed by atoms with Gasteiger partial charge in [-0.2, -0.15) is 0 Å². The van der Waals surface area contributed by atoms with Crippen LogP contribution in [0.1, 0.15) is 19.4 Å². The highest BCUT2D eigenvalue weighted by molar-refractivity contribution is 5.78. The number of fused-ring (bicyclic) bond motifs is 1. The highest BCUT2D eigenvalue weighted by Crippen LogP contribution is 2.43. The third kappa shape index (κ3) is 2.97. The molecular weight excluding hydrogens is 297 g/mol. The number of carbonyl (C=O) groups is 1. The molecule has 0 bridgehead atoms. The molecule has 0 aliphatic carbocycles. The molecule has 2 atom stereocenters. The number of halogens is 1. The number of carbonyl (C=O) groups excluding carboxylic acids is 1. The summed E-state index contributed by atoms with van der Waals surface area (Å²) < 4.78 is 13.8. The van der Waals surface area contributed by atoms with E-state index in [0.29, 0.717) is 31.7 Å². The number of hydrogen-bond donors (Lipinski definition) is 1. The summed E-state index contributed by atoms with van der Waals surface area (Å²) in [5.74, 6) is 0.0878. The van der Waals surface area contributed by atoms with Gasteiger partial charge in [0, 0.05) is 55.8 Å². The molecular formula is C17H24FN3O2. The predicted molar refractivity (Wildman–Crippen MR) is 83.9 cm³/mol. The Morgan fingerprint density at radius 1 is 1.48 bits per heavy atom. The number of pyridine rings is 1. The molecule has 3 heterocycles. The average Bonchev–Trinajstić information content (AvgIpc) is 3.02. The lowest BCUT2D eigenvalue weighted by Crippen LogP contribution is -2.40. The van der Waals surface area contributed by atoms with Crippen molar-refractivity contribution in [2.75, 3.05) is 32.8 Å². The number of amides is 1. The van der Waals surface area contributed by atoms with Gasteiger partial charge in [-0.15, -0.1) is 0 Å². The van der Waals surface area contributed by atoms with Gasteiger partial charge in [-0.25, -0.2) is 4.39 Å². The van der Waals surface area contributed by atoms with E-state index in [0.717, 1.165) is 6.54 Å². The second kappa shape index (κ2) is 6.17. The third-order valence-electron chi connectivity index (χ3n) is 5.20. The Morgan fingerprint density at radius 3 is 2.87 bits per heavy atom. The number of nitrogens with zero attached hydrogens (tertiary/aromatic N) is 3. The van der Waals surface area contributed by atoms with Crippen LogP contribution in [-0.4, -0.2) is 58.6 Å². The zero-order chi connectivity index (χ0) is 16.6. The Morgan fingerprint density at radius 2 is 2.26 bits per heavy atom. The zero-order valence-corrected chi connectivity index (χ0v) is 13.7. The van der Waals surface area contributed by atoms with Crippen LogP contribution in [0.5, 0.6) is 0 Å². The van der Waals surface area contributed by atoms with Crippen LogP contribution in [0.25, 0.3) is 0 Å². The van der Waals surface area contributed by atoms with E-state index < -0.39 is 0 Å². The van der Waals surface area contributed by atoms with Crippen molar-refractivity contribution >= 4 is 5.91 Å². The smallest absolute Gasteiger partial charge is 0.225 e. The van der Waals surface area contributed by atoms with Gasteiger partial charge in [0.1, 0.15) is 5.82 Å². The van der Waals surface area contributed by atoms with Gasteiger partial charge in [-0.3, -0.25) is 14.7 Å². The standard InChI is InChI=1S/C17H24FN3O2/c1-12(2)16(23)21-8-14-7-20(9-17(14,10-21)11-22)6-13-3-4-19-5-15(13)18/h3-5,12,14,22H,6-11H2,1-2H3/t14-,17+/m0/s1. The molecule has 0 aromatic carbocycles. The minimum absolute atomic E-state index is 0.0217. The van der Waals surface area contributed by atoms with E-state index >= 15 is 0 Å². The van der Waals surface area contributed by atoms with E-state index in [-0.39, 0.29) is 35.6 Å². The molecule has 6 heteroatoms. The lowest BCUT2D eigenvalue weighted by Gasteiger charge is -2.28. The van der Waals surface area contributed by atoms with Gasteiger partial charge in [-0.05, 0) is 12.0 Å². The van der Waals surface area contributed by atoms with Crippen molar-refractivity contribution in [1.29, 1.82) is 0 Å². The van der Waals surface area contributed by atoms with Crippen molar-refractivity contribution in [2.24, 2.45) is 17.3 Å². The first-order valence-electron chi connectivity index (χ1n) is 8.15. The molecule has 0 radical (unpaired) electrons. The topological polar surface area (TPSA) is 56.7 Å². The third-order valence-corrected chi connectivity index (χ3v) is 5.20. The SMILES string of the molecule is CC(C)C(=O)N1C[C@@H]2CN(Cc3ccncc3F)C[C@]2(CO)C1. The van der Waals surface area contributed by atoms with Gasteiger partial charge in [0.25, 0.3) is 0 Å². The highest BCUT2D eigenvalue weighted by atomic mass is 19.1. The van der Waals surface area contributed by atoms with Crippen molar-refractivity contribution in [2.45, 2.75) is 20.4 Å². The van der Waals surface area contributed by atoms with Crippen LogP contribution >= 0.6 is 0 Å². The van der Waals surface area contributed by atoms with Crippen molar-refractivity contribution < 1.29 is 14.3 Å². The number of likely N-dealkylation sites (tertiary alicyclic amines) is 2. The maximum Gasteiger partial charge on any atom is 0.225 e. The summed E-state index contributed by atoms with van der Waals surface area (Å²) in [5, 5.41) is 9.95. The second-order valence-electron chi connectivity index (χ2n) is 7.23. The van der Waals surface area contributed by atoms with Crippen LogP contribution in [0, 0.1) is 23.1 Å². The molecule has 23 heavy (non-hydrogen) atoms. The Balaban J connectivity index is 1.69. The molecule has 2 aliphatic heterocycles. The fourth-order valence-electron chi connectivity index (χ4n) is 3.94. The van der Waals surface area contributed by atoms with Gasteiger partial charge in [-0.1, -0.05) is 13.8 Å². The number of aliphatic hydroxyl groups is 1. The Bertz CT molecular complexity index is 595. The Kier molecular flexibility index (Phi) is 4.38. The van der Waals surface area contributed by atoms with Gasteiger partial charge in [0.2, 0.25) is 5.91 Å². The molecule has 0 spiro atoms. The quantitative estimate of drug-likeness (QED) is 0.903. The van der Waals surface area contributed by atoms with Crippen LogP contribution in [0.2, 0.25) is 0 Å². The summed E-state index contributed by atoms with van der Waals surface area (Å²) in [6.07, 6.45) is 2.83. The van der Waals surface area contributed by atoms with E-state index in [1.807, 2.05) is 18.7 Å². The van der Waals surface area contributed by atoms with Crippen LogP contribution in [0.3, 0.4) is 0 Å². The lowest BCUT2D eigenvalue weighted by molar-refractivity contribution is -0.134. The number of aromatic nitrogens is 1. The molecule has 126 valence electrons. The summed E-state index contributed by atoms with van der Waals surface area (Å²) in [4.78, 5) is 20.1. The summed E-state index contributed by atoms with van der Waals surface area (Å²) in [5.41, 5.74) is 0.358. The largest absolute Gasteiger partial charge is 0.396 e. The summed E-state index contributed by atoms with van der Waals surface area (Å²) in [6.45, 7) is 7.15. The summed E-state index contributed by atoms with van der Waals surface area (Å²) >= 11 is 0. The molecule has 2 saturated heterocycles. The predicted octanol–water partition coefficient (Wildman–Crippen LogP) is 1.13. The molecule has 3 rings (SSSR count). The van der Waals surface area contributed by atoms with Crippen molar-refractivity contribution in [3.05, 3.63) is 29.8 Å². The fraction of sp³-hybridized carbons (Fsp3) is 0.647. The molecule has 1 amide bonds. The number of rotatable bonds is 4. The first kappa shape index (κ1) is 16.3. The highest BCUT2D eigenvalue weighted by Gasteiger charge is 2.53. The van der Waals surface area contributed by atoms with E-state index in [2.05, 4.69) is 9.88 Å². The average molecular weight is 321 g/mol. The summed E-state index contributed by atoms with van der Waals surface area (Å²) in [7, 11) is 0. The molecule has 1 aromatic rings. The van der Waals surface area contributed by atoms with Crippen LogP contribution in [0.4, 0.5) is 4.39 Å². The van der Waals surface area contributed by atoms with E-state index in [1.54, 1.807) is 12.3 Å². The van der Waals surface area contributed by atoms with E-state index in [1.165, 1.54) is 6.20 Å². The van der Waals surface area contributed by atoms with Crippen LogP contribution in [0.15, 0.2) is 18.5 Å². The van der Waals surface area contributed by atoms with Gasteiger partial charge < -0.3 is 10.0 Å². The van der Waals surface area contributed by atoms with Crippen molar-refractivity contribution in [3.8, 4) is 0 Å². The van der Waals surface area contributed by atoms with E-state index in [4.69, 9.17) is 0 Å².